The first-order chi connectivity index (χ1) is 6.57. The van der Waals surface area contributed by atoms with Crippen LogP contribution < -0.4 is 0 Å². The van der Waals surface area contributed by atoms with Gasteiger partial charge in [0, 0.05) is 5.92 Å². The molecular formula is C11H20O3. The fraction of sp³-hybridized carbons (Fsp3) is 0.909. The number of rotatable bonds is 3. The van der Waals surface area contributed by atoms with Crippen LogP contribution >= 0.6 is 0 Å². The Hall–Kier alpha value is -0.570. The van der Waals surface area contributed by atoms with Gasteiger partial charge in [0.1, 0.15) is 6.10 Å². The Kier molecular flexibility index (Phi) is 3.93. The zero-order valence-corrected chi connectivity index (χ0v) is 9.19. The molecule has 1 aliphatic rings. The molecule has 3 nitrogen and oxygen atoms in total. The van der Waals surface area contributed by atoms with Crippen LogP contribution in [0.4, 0.5) is 0 Å². The molecule has 1 aliphatic heterocycles. The first kappa shape index (κ1) is 11.5. The summed E-state index contributed by atoms with van der Waals surface area (Å²) in [7, 11) is 0. The third-order valence-corrected chi connectivity index (χ3v) is 3.12. The maximum absolute atomic E-state index is 11.3. The number of ether oxygens (including phenoxy) is 1. The van der Waals surface area contributed by atoms with Gasteiger partial charge in [-0.1, -0.05) is 19.8 Å². The minimum Gasteiger partial charge on any atom is -0.462 e. The minimum absolute atomic E-state index is 0.114. The summed E-state index contributed by atoms with van der Waals surface area (Å²) in [6, 6.07) is 0. The molecule has 82 valence electrons. The first-order valence-corrected chi connectivity index (χ1v) is 5.46. The van der Waals surface area contributed by atoms with Crippen molar-refractivity contribution >= 4 is 5.97 Å². The van der Waals surface area contributed by atoms with Crippen molar-refractivity contribution in [3.63, 3.8) is 0 Å². The van der Waals surface area contributed by atoms with E-state index in [2.05, 4.69) is 6.92 Å². The van der Waals surface area contributed by atoms with Crippen molar-refractivity contribution in [2.75, 3.05) is 0 Å². The predicted octanol–water partition coefficient (Wildman–Crippen LogP) is 1.74. The molecule has 0 aromatic carbocycles. The van der Waals surface area contributed by atoms with Crippen molar-refractivity contribution in [3.8, 4) is 0 Å². The summed E-state index contributed by atoms with van der Waals surface area (Å²) in [5.74, 6) is -0.520. The molecular weight excluding hydrogens is 180 g/mol. The van der Waals surface area contributed by atoms with E-state index in [1.165, 1.54) is 0 Å². The van der Waals surface area contributed by atoms with Crippen molar-refractivity contribution in [3.05, 3.63) is 0 Å². The average Bonchev–Trinajstić information content (AvgIpc) is 2.14. The molecule has 3 heteroatoms. The van der Waals surface area contributed by atoms with Gasteiger partial charge in [0.05, 0.1) is 12.0 Å². The molecule has 1 rings (SSSR count). The van der Waals surface area contributed by atoms with Crippen molar-refractivity contribution in [2.24, 2.45) is 11.8 Å². The van der Waals surface area contributed by atoms with Crippen LogP contribution in [0, 0.1) is 11.8 Å². The molecule has 14 heavy (non-hydrogen) atoms. The average molecular weight is 200 g/mol. The largest absolute Gasteiger partial charge is 0.462 e. The summed E-state index contributed by atoms with van der Waals surface area (Å²) < 4.78 is 5.18. The van der Waals surface area contributed by atoms with Crippen LogP contribution in [0.15, 0.2) is 0 Å². The highest BCUT2D eigenvalue weighted by Crippen LogP contribution is 2.30. The van der Waals surface area contributed by atoms with Crippen LogP contribution in [0.2, 0.25) is 0 Å². The lowest BCUT2D eigenvalue weighted by molar-refractivity contribution is -0.177. The minimum atomic E-state index is -0.530. The summed E-state index contributed by atoms with van der Waals surface area (Å²) >= 11 is 0. The predicted molar refractivity (Wildman–Crippen MR) is 53.7 cm³/mol. The lowest BCUT2D eigenvalue weighted by Crippen LogP contribution is -2.46. The quantitative estimate of drug-likeness (QED) is 0.706. The zero-order chi connectivity index (χ0) is 10.7. The van der Waals surface area contributed by atoms with Gasteiger partial charge < -0.3 is 9.84 Å². The molecule has 0 bridgehead atoms. The van der Waals surface area contributed by atoms with Gasteiger partial charge in [-0.25, -0.2) is 0 Å². The van der Waals surface area contributed by atoms with Crippen molar-refractivity contribution in [2.45, 2.75) is 52.2 Å². The van der Waals surface area contributed by atoms with E-state index in [4.69, 9.17) is 4.74 Å². The Morgan fingerprint density at radius 1 is 1.43 bits per heavy atom. The molecule has 1 saturated heterocycles. The molecule has 0 amide bonds. The Balaban J connectivity index is 2.59. The maximum atomic E-state index is 11.3. The number of hydrogen-bond acceptors (Lipinski definition) is 3. The van der Waals surface area contributed by atoms with Gasteiger partial charge in [-0.3, -0.25) is 4.79 Å². The standard InChI is InChI=1S/C11H20O3/c1-4-5-6-9-8(3)14-11(13)7(2)10(9)12/h7-10,12H,4-6H2,1-3H3/t7-,8+,9-,10-/m1/s1. The molecule has 0 radical (unpaired) electrons. The summed E-state index contributed by atoms with van der Waals surface area (Å²) in [6.45, 7) is 5.72. The molecule has 0 saturated carbocycles. The number of carbonyl (C=O) groups excluding carboxylic acids is 1. The Morgan fingerprint density at radius 3 is 2.64 bits per heavy atom. The van der Waals surface area contributed by atoms with Crippen LogP contribution in [-0.2, 0) is 9.53 Å². The van der Waals surface area contributed by atoms with Crippen LogP contribution in [0.1, 0.15) is 40.0 Å². The number of hydrogen-bond donors (Lipinski definition) is 1. The highest BCUT2D eigenvalue weighted by atomic mass is 16.5. The van der Waals surface area contributed by atoms with Crippen LogP contribution in [-0.4, -0.2) is 23.3 Å². The lowest BCUT2D eigenvalue weighted by atomic mass is 9.82. The number of cyclic esters (lactones) is 1. The Bertz CT molecular complexity index is 203. The van der Waals surface area contributed by atoms with E-state index >= 15 is 0 Å². The summed E-state index contributed by atoms with van der Waals surface area (Å²) in [5, 5.41) is 9.90. The molecule has 0 aliphatic carbocycles. The third-order valence-electron chi connectivity index (χ3n) is 3.12. The second-order valence-electron chi connectivity index (χ2n) is 4.23. The number of unbranched alkanes of at least 4 members (excludes halogenated alkanes) is 1. The van der Waals surface area contributed by atoms with Gasteiger partial charge in [-0.05, 0) is 20.3 Å². The van der Waals surface area contributed by atoms with Gasteiger partial charge >= 0.3 is 5.97 Å². The number of carbonyl (C=O) groups is 1. The molecule has 4 atom stereocenters. The van der Waals surface area contributed by atoms with Gasteiger partial charge in [0.15, 0.2) is 0 Å². The fourth-order valence-electron chi connectivity index (χ4n) is 2.01. The van der Waals surface area contributed by atoms with Crippen molar-refractivity contribution in [1.82, 2.24) is 0 Å². The van der Waals surface area contributed by atoms with Crippen molar-refractivity contribution in [1.29, 1.82) is 0 Å². The van der Waals surface area contributed by atoms with E-state index in [1.54, 1.807) is 6.92 Å². The second-order valence-corrected chi connectivity index (χ2v) is 4.23. The topological polar surface area (TPSA) is 46.5 Å². The zero-order valence-electron chi connectivity index (χ0n) is 9.19. The molecule has 1 fully saturated rings. The van der Waals surface area contributed by atoms with Crippen LogP contribution in [0.25, 0.3) is 0 Å². The number of aliphatic hydroxyl groups is 1. The SMILES string of the molecule is CCCC[C@H]1[C@H](O)[C@@H](C)C(=O)O[C@H]1C. The van der Waals surface area contributed by atoms with Crippen molar-refractivity contribution < 1.29 is 14.6 Å². The highest BCUT2D eigenvalue weighted by Gasteiger charge is 2.40. The third kappa shape index (κ3) is 2.27. The highest BCUT2D eigenvalue weighted by molar-refractivity contribution is 5.73. The summed E-state index contributed by atoms with van der Waals surface area (Å²) in [4.78, 5) is 11.3. The van der Waals surface area contributed by atoms with E-state index in [9.17, 15) is 9.90 Å². The Morgan fingerprint density at radius 2 is 2.07 bits per heavy atom. The smallest absolute Gasteiger partial charge is 0.311 e. The monoisotopic (exact) mass is 200 g/mol. The molecule has 0 unspecified atom stereocenters. The lowest BCUT2D eigenvalue weighted by Gasteiger charge is -2.36. The fourth-order valence-corrected chi connectivity index (χ4v) is 2.01. The van der Waals surface area contributed by atoms with E-state index in [0.29, 0.717) is 0 Å². The van der Waals surface area contributed by atoms with E-state index in [0.717, 1.165) is 19.3 Å². The van der Waals surface area contributed by atoms with Gasteiger partial charge in [0.2, 0.25) is 0 Å². The van der Waals surface area contributed by atoms with Gasteiger partial charge in [-0.15, -0.1) is 0 Å². The molecule has 0 aromatic heterocycles. The summed E-state index contributed by atoms with van der Waals surface area (Å²) in [6.07, 6.45) is 2.46. The molecule has 1 N–H and O–H groups in total. The van der Waals surface area contributed by atoms with Crippen LogP contribution in [0.3, 0.4) is 0 Å². The molecule has 0 aromatic rings. The normalized spacial score (nSPS) is 38.1. The summed E-state index contributed by atoms with van der Waals surface area (Å²) in [5.41, 5.74) is 0. The number of aliphatic hydroxyl groups excluding tert-OH is 1. The second kappa shape index (κ2) is 4.78. The Labute approximate surface area is 85.5 Å². The van der Waals surface area contributed by atoms with E-state index in [-0.39, 0.29) is 23.9 Å². The molecule has 1 heterocycles. The van der Waals surface area contributed by atoms with Crippen LogP contribution in [0.5, 0.6) is 0 Å². The first-order valence-electron chi connectivity index (χ1n) is 5.46. The van der Waals surface area contributed by atoms with E-state index < -0.39 is 6.10 Å². The van der Waals surface area contributed by atoms with E-state index in [1.807, 2.05) is 6.92 Å². The van der Waals surface area contributed by atoms with Gasteiger partial charge in [0.25, 0.3) is 0 Å². The molecule has 0 spiro atoms. The number of esters is 1. The maximum Gasteiger partial charge on any atom is 0.311 e. The van der Waals surface area contributed by atoms with Gasteiger partial charge in [-0.2, -0.15) is 0 Å².